The minimum absolute atomic E-state index is 0.294. The topological polar surface area (TPSA) is 64.3 Å². The molecule has 1 aliphatic carbocycles. The average molecular weight is 278 g/mol. The number of aliphatic hydroxyl groups excluding tert-OH is 1. The van der Waals surface area contributed by atoms with E-state index in [2.05, 4.69) is 0 Å². The molecule has 4 nitrogen and oxygen atoms in total. The van der Waals surface area contributed by atoms with Crippen molar-refractivity contribution < 1.29 is 23.1 Å². The third-order valence-corrected chi connectivity index (χ3v) is 3.36. The fourth-order valence-electron chi connectivity index (χ4n) is 2.42. The van der Waals surface area contributed by atoms with Crippen molar-refractivity contribution >= 4 is 5.91 Å². The molecule has 0 bridgehead atoms. The third kappa shape index (κ3) is 4.10. The van der Waals surface area contributed by atoms with Gasteiger partial charge in [-0.05, 0) is 12.8 Å². The smallest absolute Gasteiger partial charge is 0.395 e. The van der Waals surface area contributed by atoms with E-state index in [1.807, 2.05) is 6.07 Å². The van der Waals surface area contributed by atoms with E-state index in [1.165, 1.54) is 0 Å². The Morgan fingerprint density at radius 2 is 1.89 bits per heavy atom. The van der Waals surface area contributed by atoms with Crippen LogP contribution in [0.15, 0.2) is 0 Å². The molecule has 0 aromatic heterocycles. The summed E-state index contributed by atoms with van der Waals surface area (Å²) in [5.41, 5.74) is -1.35. The lowest BCUT2D eigenvalue weighted by Crippen LogP contribution is -2.48. The summed E-state index contributed by atoms with van der Waals surface area (Å²) in [5, 5.41) is 18.0. The van der Waals surface area contributed by atoms with Crippen LogP contribution in [0.5, 0.6) is 0 Å². The first-order chi connectivity index (χ1) is 8.84. The van der Waals surface area contributed by atoms with Crippen molar-refractivity contribution in [3.8, 4) is 6.07 Å². The zero-order valence-electron chi connectivity index (χ0n) is 10.5. The number of amides is 1. The maximum absolute atomic E-state index is 12.4. The number of nitriles is 1. The van der Waals surface area contributed by atoms with E-state index in [-0.39, 0.29) is 0 Å². The molecule has 1 fully saturated rings. The molecule has 7 heteroatoms. The molecule has 108 valence electrons. The first kappa shape index (κ1) is 15.8. The molecule has 1 rings (SSSR count). The number of alkyl halides is 3. The summed E-state index contributed by atoms with van der Waals surface area (Å²) in [6, 6.07) is 1.90. The summed E-state index contributed by atoms with van der Waals surface area (Å²) in [6.45, 7) is -2.37. The molecular weight excluding hydrogens is 261 g/mol. The molecule has 0 aliphatic heterocycles. The van der Waals surface area contributed by atoms with Crippen LogP contribution in [0.4, 0.5) is 13.2 Å². The quantitative estimate of drug-likeness (QED) is 0.853. The number of halogens is 3. The Hall–Kier alpha value is -1.29. The van der Waals surface area contributed by atoms with E-state index < -0.39 is 37.2 Å². The van der Waals surface area contributed by atoms with Crippen LogP contribution in [0.1, 0.15) is 32.1 Å². The summed E-state index contributed by atoms with van der Waals surface area (Å²) >= 11 is 0. The monoisotopic (exact) mass is 278 g/mol. The van der Waals surface area contributed by atoms with Gasteiger partial charge in [0, 0.05) is 6.54 Å². The van der Waals surface area contributed by atoms with Gasteiger partial charge in [0.25, 0.3) is 0 Å². The van der Waals surface area contributed by atoms with Gasteiger partial charge < -0.3 is 10.0 Å². The normalized spacial score (nSPS) is 18.7. The molecular formula is C12H17F3N2O2. The number of carbonyl (C=O) groups is 1. The van der Waals surface area contributed by atoms with E-state index in [1.54, 1.807) is 0 Å². The van der Waals surface area contributed by atoms with Crippen LogP contribution < -0.4 is 0 Å². The molecule has 1 amide bonds. The molecule has 1 aliphatic rings. The highest BCUT2D eigenvalue weighted by molar-refractivity contribution is 5.85. The molecule has 19 heavy (non-hydrogen) atoms. The molecule has 0 heterocycles. The highest BCUT2D eigenvalue weighted by Crippen LogP contribution is 2.37. The first-order valence-electron chi connectivity index (χ1n) is 6.23. The summed E-state index contributed by atoms with van der Waals surface area (Å²) < 4.78 is 37.3. The summed E-state index contributed by atoms with van der Waals surface area (Å²) in [5.74, 6) is -0.805. The highest BCUT2D eigenvalue weighted by atomic mass is 19.4. The maximum Gasteiger partial charge on any atom is 0.406 e. The van der Waals surface area contributed by atoms with Gasteiger partial charge >= 0.3 is 6.18 Å². The molecule has 0 aromatic rings. The van der Waals surface area contributed by atoms with Crippen LogP contribution >= 0.6 is 0 Å². The lowest BCUT2D eigenvalue weighted by Gasteiger charge is -2.34. The fraction of sp³-hybridized carbons (Fsp3) is 0.833. The fourth-order valence-corrected chi connectivity index (χ4v) is 2.42. The standard InChI is InChI=1S/C12H17F3N2O2/c13-12(14,15)9-17(6-7-18)10(19)11(8-16)4-2-1-3-5-11/h18H,1-7,9H2. The summed E-state index contributed by atoms with van der Waals surface area (Å²) in [4.78, 5) is 12.8. The minimum Gasteiger partial charge on any atom is -0.395 e. The minimum atomic E-state index is -4.53. The van der Waals surface area contributed by atoms with Gasteiger partial charge in [-0.1, -0.05) is 19.3 Å². The second kappa shape index (κ2) is 6.24. The van der Waals surface area contributed by atoms with Crippen molar-refractivity contribution in [2.24, 2.45) is 5.41 Å². The zero-order chi connectivity index (χ0) is 14.5. The first-order valence-corrected chi connectivity index (χ1v) is 6.23. The molecule has 0 unspecified atom stereocenters. The lowest BCUT2D eigenvalue weighted by molar-refractivity contribution is -0.167. The molecule has 0 radical (unpaired) electrons. The molecule has 1 saturated carbocycles. The predicted octanol–water partition coefficient (Wildman–Crippen LogP) is 1.84. The second-order valence-corrected chi connectivity index (χ2v) is 4.82. The van der Waals surface area contributed by atoms with Crippen molar-refractivity contribution in [1.29, 1.82) is 5.26 Å². The van der Waals surface area contributed by atoms with Gasteiger partial charge in [-0.2, -0.15) is 18.4 Å². The average Bonchev–Trinajstić information content (AvgIpc) is 2.36. The van der Waals surface area contributed by atoms with Gasteiger partial charge in [0.1, 0.15) is 12.0 Å². The van der Waals surface area contributed by atoms with Crippen molar-refractivity contribution in [2.75, 3.05) is 19.7 Å². The van der Waals surface area contributed by atoms with Crippen LogP contribution in [0.3, 0.4) is 0 Å². The predicted molar refractivity (Wildman–Crippen MR) is 60.9 cm³/mol. The number of aliphatic hydroxyl groups is 1. The van der Waals surface area contributed by atoms with E-state index in [0.717, 1.165) is 6.42 Å². The SMILES string of the molecule is N#CC1(C(=O)N(CCO)CC(F)(F)F)CCCCC1. The van der Waals surface area contributed by atoms with E-state index in [4.69, 9.17) is 5.11 Å². The van der Waals surface area contributed by atoms with Gasteiger partial charge in [0.05, 0.1) is 12.7 Å². The van der Waals surface area contributed by atoms with Gasteiger partial charge in [-0.25, -0.2) is 0 Å². The van der Waals surface area contributed by atoms with Gasteiger partial charge in [0.15, 0.2) is 0 Å². The van der Waals surface area contributed by atoms with Crippen LogP contribution in [-0.2, 0) is 4.79 Å². The third-order valence-electron chi connectivity index (χ3n) is 3.36. The Bertz CT molecular complexity index is 357. The van der Waals surface area contributed by atoms with E-state index in [0.29, 0.717) is 30.6 Å². The van der Waals surface area contributed by atoms with Gasteiger partial charge in [-0.3, -0.25) is 4.79 Å². The van der Waals surface area contributed by atoms with Crippen molar-refractivity contribution in [3.05, 3.63) is 0 Å². The maximum atomic E-state index is 12.4. The Morgan fingerprint density at radius 1 is 1.32 bits per heavy atom. The van der Waals surface area contributed by atoms with Crippen LogP contribution in [0.2, 0.25) is 0 Å². The van der Waals surface area contributed by atoms with Crippen LogP contribution in [0, 0.1) is 16.7 Å². The Morgan fingerprint density at radius 3 is 2.32 bits per heavy atom. The Labute approximate surface area is 109 Å². The highest BCUT2D eigenvalue weighted by Gasteiger charge is 2.44. The van der Waals surface area contributed by atoms with Crippen LogP contribution in [0.25, 0.3) is 0 Å². The van der Waals surface area contributed by atoms with Crippen molar-refractivity contribution in [3.63, 3.8) is 0 Å². The van der Waals surface area contributed by atoms with Gasteiger partial charge in [-0.15, -0.1) is 0 Å². The second-order valence-electron chi connectivity index (χ2n) is 4.82. The summed E-state index contributed by atoms with van der Waals surface area (Å²) in [6.07, 6.45) is -1.73. The number of hydrogen-bond acceptors (Lipinski definition) is 3. The van der Waals surface area contributed by atoms with E-state index in [9.17, 15) is 23.2 Å². The molecule has 0 spiro atoms. The Balaban J connectivity index is 2.88. The molecule has 0 atom stereocenters. The molecule has 0 aromatic carbocycles. The number of hydrogen-bond donors (Lipinski definition) is 1. The number of nitrogens with zero attached hydrogens (tertiary/aromatic N) is 2. The van der Waals surface area contributed by atoms with Crippen molar-refractivity contribution in [1.82, 2.24) is 4.90 Å². The lowest BCUT2D eigenvalue weighted by atomic mass is 9.74. The number of carbonyl (C=O) groups excluding carboxylic acids is 1. The number of rotatable bonds is 4. The summed E-state index contributed by atoms with van der Waals surface area (Å²) in [7, 11) is 0. The van der Waals surface area contributed by atoms with Gasteiger partial charge in [0.2, 0.25) is 5.91 Å². The Kier molecular flexibility index (Phi) is 5.18. The van der Waals surface area contributed by atoms with Crippen LogP contribution in [-0.4, -0.2) is 41.8 Å². The molecule has 0 saturated heterocycles. The molecule has 1 N–H and O–H groups in total. The van der Waals surface area contributed by atoms with Crippen molar-refractivity contribution in [2.45, 2.75) is 38.3 Å². The largest absolute Gasteiger partial charge is 0.406 e. The zero-order valence-corrected chi connectivity index (χ0v) is 10.5. The van der Waals surface area contributed by atoms with E-state index >= 15 is 0 Å².